The van der Waals surface area contributed by atoms with E-state index in [0.29, 0.717) is 5.75 Å². The topological polar surface area (TPSA) is 117 Å². The van der Waals surface area contributed by atoms with Crippen LogP contribution in [0.2, 0.25) is 0 Å². The first-order valence-corrected chi connectivity index (χ1v) is 10.1. The van der Waals surface area contributed by atoms with Gasteiger partial charge in [0.25, 0.3) is 11.6 Å². The van der Waals surface area contributed by atoms with Crippen LogP contribution in [0.4, 0.5) is 11.4 Å². The summed E-state index contributed by atoms with van der Waals surface area (Å²) in [5.74, 6) is -0.482. The molecule has 0 saturated heterocycles. The monoisotopic (exact) mass is 450 g/mol. The van der Waals surface area contributed by atoms with Crippen molar-refractivity contribution in [3.8, 4) is 11.5 Å². The zero-order chi connectivity index (χ0) is 23.6. The van der Waals surface area contributed by atoms with Crippen molar-refractivity contribution in [2.45, 2.75) is 13.0 Å². The molecule has 1 N–H and O–H groups in total. The van der Waals surface area contributed by atoms with Crippen molar-refractivity contribution in [3.63, 3.8) is 0 Å². The van der Waals surface area contributed by atoms with Crippen LogP contribution < -0.4 is 14.8 Å². The van der Waals surface area contributed by atoms with E-state index in [2.05, 4.69) is 5.32 Å². The summed E-state index contributed by atoms with van der Waals surface area (Å²) in [6, 6.07) is 21.4. The second-order valence-electron chi connectivity index (χ2n) is 6.82. The Morgan fingerprint density at radius 2 is 1.55 bits per heavy atom. The number of esters is 1. The summed E-state index contributed by atoms with van der Waals surface area (Å²) in [5, 5.41) is 13.5. The summed E-state index contributed by atoms with van der Waals surface area (Å²) in [4.78, 5) is 35.6. The van der Waals surface area contributed by atoms with E-state index < -0.39 is 22.9 Å². The minimum absolute atomic E-state index is 0.0116. The Hall–Kier alpha value is -4.40. The number of benzene rings is 3. The van der Waals surface area contributed by atoms with Crippen LogP contribution in [0.5, 0.6) is 11.5 Å². The summed E-state index contributed by atoms with van der Waals surface area (Å²) >= 11 is 0. The van der Waals surface area contributed by atoms with Crippen molar-refractivity contribution in [2.24, 2.45) is 0 Å². The quantitative estimate of drug-likeness (QED) is 0.212. The number of para-hydroxylation sites is 4. The van der Waals surface area contributed by atoms with Gasteiger partial charge in [0.2, 0.25) is 0 Å². The normalized spacial score (nSPS) is 11.2. The number of nitro groups is 1. The summed E-state index contributed by atoms with van der Waals surface area (Å²) < 4.78 is 16.5. The Bertz CT molecular complexity index is 1120. The first kappa shape index (κ1) is 23.3. The molecule has 0 aliphatic rings. The van der Waals surface area contributed by atoms with Gasteiger partial charge < -0.3 is 19.5 Å². The highest BCUT2D eigenvalue weighted by atomic mass is 16.6. The third-order valence-corrected chi connectivity index (χ3v) is 4.47. The molecule has 0 aromatic heterocycles. The molecule has 0 spiro atoms. The number of carbonyl (C=O) groups excluding carboxylic acids is 2. The lowest BCUT2D eigenvalue weighted by Gasteiger charge is -2.15. The molecule has 33 heavy (non-hydrogen) atoms. The highest BCUT2D eigenvalue weighted by molar-refractivity contribution is 5.99. The summed E-state index contributed by atoms with van der Waals surface area (Å²) in [5.41, 5.74) is -0.110. The van der Waals surface area contributed by atoms with Gasteiger partial charge in [0, 0.05) is 6.07 Å². The second kappa shape index (κ2) is 11.3. The van der Waals surface area contributed by atoms with Gasteiger partial charge in [-0.05, 0) is 37.3 Å². The molecule has 9 nitrogen and oxygen atoms in total. The first-order chi connectivity index (χ1) is 16.0. The fourth-order valence-electron chi connectivity index (χ4n) is 2.84. The van der Waals surface area contributed by atoms with E-state index in [1.54, 1.807) is 24.3 Å². The van der Waals surface area contributed by atoms with Gasteiger partial charge >= 0.3 is 5.97 Å². The number of amides is 1. The Kier molecular flexibility index (Phi) is 7.96. The third kappa shape index (κ3) is 6.54. The number of rotatable bonds is 10. The average Bonchev–Trinajstić information content (AvgIpc) is 2.83. The fourth-order valence-corrected chi connectivity index (χ4v) is 2.84. The van der Waals surface area contributed by atoms with E-state index in [1.807, 2.05) is 30.3 Å². The maximum absolute atomic E-state index is 12.6. The van der Waals surface area contributed by atoms with Crippen molar-refractivity contribution >= 4 is 23.3 Å². The Morgan fingerprint density at radius 3 is 2.30 bits per heavy atom. The molecule has 1 amide bonds. The van der Waals surface area contributed by atoms with Gasteiger partial charge in [-0.3, -0.25) is 14.9 Å². The highest BCUT2D eigenvalue weighted by Gasteiger charge is 2.23. The smallest absolute Gasteiger partial charge is 0.342 e. The van der Waals surface area contributed by atoms with Gasteiger partial charge in [-0.1, -0.05) is 42.5 Å². The zero-order valence-corrected chi connectivity index (χ0v) is 17.8. The molecule has 1 unspecified atom stereocenters. The molecular formula is C24H22N2O7. The number of ether oxygens (including phenoxy) is 3. The van der Waals surface area contributed by atoms with Crippen LogP contribution in [0, 0.1) is 10.1 Å². The van der Waals surface area contributed by atoms with E-state index in [-0.39, 0.29) is 35.9 Å². The molecule has 0 aliphatic carbocycles. The van der Waals surface area contributed by atoms with Crippen LogP contribution in [0.15, 0.2) is 78.9 Å². The van der Waals surface area contributed by atoms with Crippen LogP contribution in [0.25, 0.3) is 0 Å². The molecule has 0 radical (unpaired) electrons. The standard InChI is InChI=1S/C24H22N2O7/c1-17(23(27)25-20-12-6-7-13-21(20)26(29)30)33-24(28)19-11-5-8-14-22(19)32-16-15-31-18-9-3-2-4-10-18/h2-14,17H,15-16H2,1H3,(H,25,27). The van der Waals surface area contributed by atoms with Crippen LogP contribution >= 0.6 is 0 Å². The van der Waals surface area contributed by atoms with E-state index in [9.17, 15) is 19.7 Å². The van der Waals surface area contributed by atoms with E-state index in [4.69, 9.17) is 14.2 Å². The van der Waals surface area contributed by atoms with E-state index >= 15 is 0 Å². The molecular weight excluding hydrogens is 428 g/mol. The third-order valence-electron chi connectivity index (χ3n) is 4.47. The van der Waals surface area contributed by atoms with Gasteiger partial charge in [0.1, 0.15) is 36.0 Å². The largest absolute Gasteiger partial charge is 0.490 e. The maximum Gasteiger partial charge on any atom is 0.342 e. The van der Waals surface area contributed by atoms with Crippen LogP contribution in [-0.4, -0.2) is 36.1 Å². The van der Waals surface area contributed by atoms with Crippen molar-refractivity contribution in [2.75, 3.05) is 18.5 Å². The van der Waals surface area contributed by atoms with Crippen LogP contribution in [0.3, 0.4) is 0 Å². The van der Waals surface area contributed by atoms with Gasteiger partial charge in [-0.15, -0.1) is 0 Å². The number of carbonyl (C=O) groups is 2. The first-order valence-electron chi connectivity index (χ1n) is 10.1. The number of nitrogens with one attached hydrogen (secondary N) is 1. The molecule has 170 valence electrons. The average molecular weight is 450 g/mol. The van der Waals surface area contributed by atoms with E-state index in [1.165, 1.54) is 31.2 Å². The lowest BCUT2D eigenvalue weighted by molar-refractivity contribution is -0.383. The number of anilines is 1. The molecule has 0 saturated carbocycles. The summed E-state index contributed by atoms with van der Waals surface area (Å²) in [6.45, 7) is 1.83. The van der Waals surface area contributed by atoms with Gasteiger partial charge in [0.05, 0.1) is 4.92 Å². The Labute approximate surface area is 190 Å². The summed E-state index contributed by atoms with van der Waals surface area (Å²) in [7, 11) is 0. The minimum Gasteiger partial charge on any atom is -0.490 e. The van der Waals surface area contributed by atoms with E-state index in [0.717, 1.165) is 0 Å². The molecule has 0 bridgehead atoms. The molecule has 0 fully saturated rings. The lowest BCUT2D eigenvalue weighted by Crippen LogP contribution is -2.30. The highest BCUT2D eigenvalue weighted by Crippen LogP contribution is 2.24. The number of nitro benzene ring substituents is 1. The van der Waals surface area contributed by atoms with Crippen LogP contribution in [-0.2, 0) is 9.53 Å². The lowest BCUT2D eigenvalue weighted by atomic mass is 10.2. The minimum atomic E-state index is -1.20. The molecule has 1 atom stereocenters. The number of hydrogen-bond acceptors (Lipinski definition) is 7. The number of hydrogen-bond donors (Lipinski definition) is 1. The van der Waals surface area contributed by atoms with Crippen molar-refractivity contribution in [1.29, 1.82) is 0 Å². The van der Waals surface area contributed by atoms with Crippen molar-refractivity contribution in [3.05, 3.63) is 94.5 Å². The summed E-state index contributed by atoms with van der Waals surface area (Å²) in [6.07, 6.45) is -1.20. The van der Waals surface area contributed by atoms with Gasteiger partial charge in [-0.25, -0.2) is 4.79 Å². The number of nitrogens with zero attached hydrogens (tertiary/aromatic N) is 1. The SMILES string of the molecule is CC(OC(=O)c1ccccc1OCCOc1ccccc1)C(=O)Nc1ccccc1[N+](=O)[O-]. The molecule has 0 heterocycles. The fraction of sp³-hybridized carbons (Fsp3) is 0.167. The predicted molar refractivity (Wildman–Crippen MR) is 120 cm³/mol. The zero-order valence-electron chi connectivity index (χ0n) is 17.8. The van der Waals surface area contributed by atoms with Crippen molar-refractivity contribution < 1.29 is 28.7 Å². The predicted octanol–water partition coefficient (Wildman–Crippen LogP) is 4.24. The molecule has 3 aromatic carbocycles. The second-order valence-corrected chi connectivity index (χ2v) is 6.82. The Morgan fingerprint density at radius 1 is 0.909 bits per heavy atom. The van der Waals surface area contributed by atoms with Gasteiger partial charge in [0.15, 0.2) is 6.10 Å². The van der Waals surface area contributed by atoms with Crippen LogP contribution in [0.1, 0.15) is 17.3 Å². The molecule has 3 rings (SSSR count). The van der Waals surface area contributed by atoms with Crippen molar-refractivity contribution in [1.82, 2.24) is 0 Å². The molecule has 9 heteroatoms. The van der Waals surface area contributed by atoms with Gasteiger partial charge in [-0.2, -0.15) is 0 Å². The molecule has 0 aliphatic heterocycles. The maximum atomic E-state index is 12.6. The Balaban J connectivity index is 1.57. The molecule has 3 aromatic rings.